The van der Waals surface area contributed by atoms with E-state index in [9.17, 15) is 9.00 Å². The Bertz CT molecular complexity index is 427. The molecule has 0 aliphatic carbocycles. The Kier molecular flexibility index (Phi) is 5.35. The van der Waals surface area contributed by atoms with E-state index >= 15 is 0 Å². The number of carbonyl (C=O) groups is 1. The number of unbranched alkanes of at least 4 members (excludes halogenated alkanes) is 1. The van der Waals surface area contributed by atoms with Crippen LogP contribution < -0.4 is 0 Å². The molecule has 1 atom stereocenters. The van der Waals surface area contributed by atoms with Crippen molar-refractivity contribution >= 4 is 16.8 Å². The van der Waals surface area contributed by atoms with Crippen molar-refractivity contribution in [3.63, 3.8) is 0 Å². The zero-order valence-corrected chi connectivity index (χ0v) is 11.0. The van der Waals surface area contributed by atoms with Gasteiger partial charge in [-0.3, -0.25) is 9.00 Å². The predicted molar refractivity (Wildman–Crippen MR) is 68.7 cm³/mol. The third-order valence-corrected chi connectivity index (χ3v) is 4.15. The molecule has 0 spiro atoms. The van der Waals surface area contributed by atoms with Crippen molar-refractivity contribution in [2.24, 2.45) is 0 Å². The standard InChI is InChI=1S/C13H18O3S/c1-10-6-7-11(2)12(9-10)17(16)8-4-3-5-13(14)15/h6-7,9H,3-5,8H2,1-2H3,(H,14,15). The first-order chi connectivity index (χ1) is 8.00. The van der Waals surface area contributed by atoms with Gasteiger partial charge in [0.25, 0.3) is 0 Å². The minimum atomic E-state index is -1.01. The van der Waals surface area contributed by atoms with Crippen LogP contribution in [0, 0.1) is 13.8 Å². The fraction of sp³-hybridized carbons (Fsp3) is 0.462. The minimum absolute atomic E-state index is 0.157. The molecular formula is C13H18O3S. The van der Waals surface area contributed by atoms with Gasteiger partial charge in [-0.05, 0) is 43.9 Å². The lowest BCUT2D eigenvalue weighted by Gasteiger charge is -2.06. The molecule has 1 N–H and O–H groups in total. The normalized spacial score (nSPS) is 12.4. The van der Waals surface area contributed by atoms with Gasteiger partial charge in [0.1, 0.15) is 0 Å². The molecule has 0 saturated heterocycles. The number of carboxylic acid groups (broad SMARTS) is 1. The van der Waals surface area contributed by atoms with Gasteiger partial charge < -0.3 is 5.11 Å². The molecule has 0 bridgehead atoms. The van der Waals surface area contributed by atoms with Crippen LogP contribution in [0.2, 0.25) is 0 Å². The molecule has 1 aromatic rings. The van der Waals surface area contributed by atoms with Crippen LogP contribution in [-0.4, -0.2) is 21.0 Å². The molecule has 0 saturated carbocycles. The summed E-state index contributed by atoms with van der Waals surface area (Å²) in [5.74, 6) is -0.250. The van der Waals surface area contributed by atoms with Crippen LogP contribution in [0.3, 0.4) is 0 Å². The number of hydrogen-bond acceptors (Lipinski definition) is 2. The summed E-state index contributed by atoms with van der Waals surface area (Å²) in [4.78, 5) is 11.2. The Morgan fingerprint density at radius 3 is 2.65 bits per heavy atom. The lowest BCUT2D eigenvalue weighted by molar-refractivity contribution is -0.137. The Morgan fingerprint density at radius 1 is 1.29 bits per heavy atom. The molecule has 0 fully saturated rings. The lowest BCUT2D eigenvalue weighted by atomic mass is 10.2. The van der Waals surface area contributed by atoms with E-state index in [4.69, 9.17) is 5.11 Å². The molecular weight excluding hydrogens is 236 g/mol. The molecule has 0 aliphatic heterocycles. The van der Waals surface area contributed by atoms with Crippen LogP contribution in [0.5, 0.6) is 0 Å². The third kappa shape index (κ3) is 4.69. The van der Waals surface area contributed by atoms with Crippen molar-refractivity contribution in [3.05, 3.63) is 29.3 Å². The molecule has 1 rings (SSSR count). The van der Waals surface area contributed by atoms with Gasteiger partial charge in [0.05, 0.1) is 10.8 Å². The van der Waals surface area contributed by atoms with Gasteiger partial charge >= 0.3 is 5.97 Å². The first-order valence-corrected chi connectivity index (χ1v) is 7.00. The summed E-state index contributed by atoms with van der Waals surface area (Å²) in [6.07, 6.45) is 1.43. The first-order valence-electron chi connectivity index (χ1n) is 5.68. The van der Waals surface area contributed by atoms with Crippen LogP contribution in [-0.2, 0) is 15.6 Å². The van der Waals surface area contributed by atoms with Crippen molar-refractivity contribution in [2.75, 3.05) is 5.75 Å². The second kappa shape index (κ2) is 6.55. The van der Waals surface area contributed by atoms with Gasteiger partial charge in [-0.15, -0.1) is 0 Å². The average molecular weight is 254 g/mol. The molecule has 0 aromatic heterocycles. The fourth-order valence-corrected chi connectivity index (χ4v) is 3.00. The monoisotopic (exact) mass is 254 g/mol. The van der Waals surface area contributed by atoms with Gasteiger partial charge in [0, 0.05) is 17.1 Å². The van der Waals surface area contributed by atoms with E-state index in [-0.39, 0.29) is 6.42 Å². The van der Waals surface area contributed by atoms with Crippen LogP contribution >= 0.6 is 0 Å². The van der Waals surface area contributed by atoms with Gasteiger partial charge in [-0.2, -0.15) is 0 Å². The molecule has 17 heavy (non-hydrogen) atoms. The Hall–Kier alpha value is -1.16. The highest BCUT2D eigenvalue weighted by Gasteiger charge is 2.07. The second-order valence-electron chi connectivity index (χ2n) is 4.17. The average Bonchev–Trinajstić information content (AvgIpc) is 2.27. The summed E-state index contributed by atoms with van der Waals surface area (Å²) in [6.45, 7) is 3.93. The van der Waals surface area contributed by atoms with Crippen molar-refractivity contribution in [2.45, 2.75) is 38.0 Å². The Labute approximate surface area is 104 Å². The number of benzene rings is 1. The van der Waals surface area contributed by atoms with Crippen LogP contribution in [0.1, 0.15) is 30.4 Å². The maximum Gasteiger partial charge on any atom is 0.303 e. The molecule has 0 aliphatic rings. The molecule has 1 unspecified atom stereocenters. The van der Waals surface area contributed by atoms with Crippen LogP contribution in [0.4, 0.5) is 0 Å². The first kappa shape index (κ1) is 13.9. The molecule has 94 valence electrons. The van der Waals surface area contributed by atoms with Crippen molar-refractivity contribution in [3.8, 4) is 0 Å². The van der Waals surface area contributed by atoms with Crippen molar-refractivity contribution in [1.29, 1.82) is 0 Å². The van der Waals surface area contributed by atoms with Crippen LogP contribution in [0.25, 0.3) is 0 Å². The lowest BCUT2D eigenvalue weighted by Crippen LogP contribution is -2.02. The summed E-state index contributed by atoms with van der Waals surface area (Å²) in [5, 5.41) is 8.50. The number of carboxylic acids is 1. The SMILES string of the molecule is Cc1ccc(C)c(S(=O)CCCCC(=O)O)c1. The summed E-state index contributed by atoms with van der Waals surface area (Å²) in [6, 6.07) is 5.92. The number of rotatable bonds is 6. The molecule has 0 amide bonds. The molecule has 4 heteroatoms. The Morgan fingerprint density at radius 2 is 2.00 bits per heavy atom. The van der Waals surface area contributed by atoms with E-state index in [0.717, 1.165) is 16.0 Å². The number of aryl methyl sites for hydroxylation is 2. The topological polar surface area (TPSA) is 54.4 Å². The quantitative estimate of drug-likeness (QED) is 0.794. The zero-order valence-electron chi connectivity index (χ0n) is 10.2. The maximum atomic E-state index is 12.0. The van der Waals surface area contributed by atoms with E-state index < -0.39 is 16.8 Å². The molecule has 0 heterocycles. The summed E-state index contributed by atoms with van der Waals surface area (Å²) >= 11 is 0. The van der Waals surface area contributed by atoms with Gasteiger partial charge in [-0.1, -0.05) is 12.1 Å². The molecule has 3 nitrogen and oxygen atoms in total. The summed E-state index contributed by atoms with van der Waals surface area (Å²) < 4.78 is 12.0. The third-order valence-electron chi connectivity index (χ3n) is 2.56. The highest BCUT2D eigenvalue weighted by atomic mass is 32.2. The van der Waals surface area contributed by atoms with Gasteiger partial charge in [0.2, 0.25) is 0 Å². The predicted octanol–water partition coefficient (Wildman–Crippen LogP) is 2.67. The van der Waals surface area contributed by atoms with Crippen molar-refractivity contribution in [1.82, 2.24) is 0 Å². The van der Waals surface area contributed by atoms with E-state index in [1.54, 1.807) is 0 Å². The summed E-state index contributed by atoms with van der Waals surface area (Å²) in [5.41, 5.74) is 2.14. The number of hydrogen-bond donors (Lipinski definition) is 1. The fourth-order valence-electron chi connectivity index (χ4n) is 1.57. The van der Waals surface area contributed by atoms with E-state index in [1.165, 1.54) is 0 Å². The molecule has 1 aromatic carbocycles. The van der Waals surface area contributed by atoms with E-state index in [0.29, 0.717) is 18.6 Å². The minimum Gasteiger partial charge on any atom is -0.481 e. The van der Waals surface area contributed by atoms with Gasteiger partial charge in [0.15, 0.2) is 0 Å². The second-order valence-corrected chi connectivity index (χ2v) is 5.71. The summed E-state index contributed by atoms with van der Waals surface area (Å²) in [7, 11) is -1.01. The number of aliphatic carboxylic acids is 1. The van der Waals surface area contributed by atoms with E-state index in [2.05, 4.69) is 0 Å². The highest BCUT2D eigenvalue weighted by Crippen LogP contribution is 2.16. The van der Waals surface area contributed by atoms with Gasteiger partial charge in [-0.25, -0.2) is 0 Å². The van der Waals surface area contributed by atoms with Crippen molar-refractivity contribution < 1.29 is 14.1 Å². The highest BCUT2D eigenvalue weighted by molar-refractivity contribution is 7.85. The van der Waals surface area contributed by atoms with Crippen LogP contribution in [0.15, 0.2) is 23.1 Å². The largest absolute Gasteiger partial charge is 0.481 e. The zero-order chi connectivity index (χ0) is 12.8. The molecule has 0 radical (unpaired) electrons. The maximum absolute atomic E-state index is 12.0. The smallest absolute Gasteiger partial charge is 0.303 e. The van der Waals surface area contributed by atoms with E-state index in [1.807, 2.05) is 32.0 Å². The Balaban J connectivity index is 2.52.